The molecule has 29 heavy (non-hydrogen) atoms. The molecule has 1 unspecified atom stereocenters. The van der Waals surface area contributed by atoms with Gasteiger partial charge >= 0.3 is 12.1 Å². The van der Waals surface area contributed by atoms with Crippen LogP contribution in [0.1, 0.15) is 62.5 Å². The average molecular weight is 404 g/mol. The van der Waals surface area contributed by atoms with Gasteiger partial charge in [0.25, 0.3) is 0 Å². The fourth-order valence-electron chi connectivity index (χ4n) is 3.02. The third kappa shape index (κ3) is 6.04. The molecular weight excluding hydrogens is 376 g/mol. The van der Waals surface area contributed by atoms with Gasteiger partial charge in [-0.15, -0.1) is 0 Å². The summed E-state index contributed by atoms with van der Waals surface area (Å²) < 4.78 is 10.0. The third-order valence-corrected chi connectivity index (χ3v) is 4.55. The van der Waals surface area contributed by atoms with Crippen LogP contribution in [0.2, 0.25) is 0 Å². The van der Waals surface area contributed by atoms with E-state index < -0.39 is 29.6 Å². The van der Waals surface area contributed by atoms with Crippen molar-refractivity contribution in [3.63, 3.8) is 0 Å². The van der Waals surface area contributed by atoms with Crippen molar-refractivity contribution in [3.05, 3.63) is 35.4 Å². The Labute approximate surface area is 170 Å². The van der Waals surface area contributed by atoms with Crippen molar-refractivity contribution in [1.29, 1.82) is 0 Å². The molecule has 2 atom stereocenters. The zero-order valence-electron chi connectivity index (χ0n) is 17.5. The molecule has 8 heteroatoms. The lowest BCUT2D eigenvalue weighted by Gasteiger charge is -2.35. The number of ether oxygens (including phenoxy) is 2. The van der Waals surface area contributed by atoms with E-state index in [1.165, 1.54) is 12.0 Å². The minimum Gasteiger partial charge on any atom is -0.465 e. The topological polar surface area (TPSA) is 102 Å². The number of piperidine rings is 1. The van der Waals surface area contributed by atoms with E-state index in [0.29, 0.717) is 5.56 Å². The highest BCUT2D eigenvalue weighted by molar-refractivity contribution is 5.93. The van der Waals surface area contributed by atoms with Gasteiger partial charge in [0, 0.05) is 19.4 Å². The number of methoxy groups -OCH3 is 1. The zero-order valence-corrected chi connectivity index (χ0v) is 17.5. The molecule has 0 aliphatic carbocycles. The lowest BCUT2D eigenvalue weighted by atomic mass is 9.99. The number of Topliss-reactive ketones (excluding diaryl/α,β-unsaturated/α-hetero) is 1. The number of nitrogens with one attached hydrogen (secondary N) is 1. The number of likely N-dealkylation sites (tertiary alicyclic amines) is 1. The second-order valence-corrected chi connectivity index (χ2v) is 8.03. The van der Waals surface area contributed by atoms with E-state index in [9.17, 15) is 19.2 Å². The highest BCUT2D eigenvalue weighted by Crippen LogP contribution is 2.21. The summed E-state index contributed by atoms with van der Waals surface area (Å²) in [4.78, 5) is 50.1. The Balaban J connectivity index is 2.10. The fourth-order valence-corrected chi connectivity index (χ4v) is 3.02. The monoisotopic (exact) mass is 404 g/mol. The number of nitrogens with zero attached hydrogens (tertiary/aromatic N) is 1. The second-order valence-electron chi connectivity index (χ2n) is 8.03. The third-order valence-electron chi connectivity index (χ3n) is 4.55. The smallest absolute Gasteiger partial charge is 0.410 e. The van der Waals surface area contributed by atoms with Gasteiger partial charge in [0.15, 0.2) is 0 Å². The van der Waals surface area contributed by atoms with Crippen LogP contribution in [0.15, 0.2) is 24.3 Å². The molecule has 0 bridgehead atoms. The highest BCUT2D eigenvalue weighted by Gasteiger charge is 2.38. The van der Waals surface area contributed by atoms with Gasteiger partial charge in [0.2, 0.25) is 5.91 Å². The Morgan fingerprint density at radius 2 is 1.79 bits per heavy atom. The molecular formula is C21H28N2O6. The highest BCUT2D eigenvalue weighted by atomic mass is 16.6. The van der Waals surface area contributed by atoms with E-state index in [4.69, 9.17) is 4.74 Å². The Hall–Kier alpha value is -2.90. The molecule has 0 radical (unpaired) electrons. The summed E-state index contributed by atoms with van der Waals surface area (Å²) >= 11 is 0. The summed E-state index contributed by atoms with van der Waals surface area (Å²) in [5.41, 5.74) is 0.481. The molecule has 1 saturated heterocycles. The molecule has 1 N–H and O–H groups in total. The van der Waals surface area contributed by atoms with Crippen molar-refractivity contribution in [1.82, 2.24) is 10.2 Å². The standard InChI is InChI=1S/C21H28N2O6/c1-13(14-6-8-15(9-7-14)19(26)28-5)22-18(25)17-12-16(24)10-11-23(17)20(27)29-21(2,3)4/h6-9,13,17H,10-12H2,1-5H3,(H,22,25)/t13?,17-/m1/s1. The molecule has 0 spiro atoms. The molecule has 0 aromatic heterocycles. The maximum atomic E-state index is 12.8. The van der Waals surface area contributed by atoms with Crippen molar-refractivity contribution < 1.29 is 28.7 Å². The van der Waals surface area contributed by atoms with Crippen molar-refractivity contribution in [2.75, 3.05) is 13.7 Å². The number of rotatable bonds is 4. The molecule has 1 heterocycles. The predicted octanol–water partition coefficient (Wildman–Crippen LogP) is 2.62. The maximum Gasteiger partial charge on any atom is 0.410 e. The Morgan fingerprint density at radius 3 is 2.34 bits per heavy atom. The van der Waals surface area contributed by atoms with Crippen molar-refractivity contribution in [3.8, 4) is 0 Å². The van der Waals surface area contributed by atoms with Crippen molar-refractivity contribution >= 4 is 23.8 Å². The lowest BCUT2D eigenvalue weighted by Crippen LogP contribution is -2.55. The summed E-state index contributed by atoms with van der Waals surface area (Å²) in [7, 11) is 1.31. The first-order valence-corrected chi connectivity index (χ1v) is 9.52. The molecule has 1 fully saturated rings. The van der Waals surface area contributed by atoms with Crippen LogP contribution >= 0.6 is 0 Å². The van der Waals surface area contributed by atoms with Crippen LogP contribution in [0, 0.1) is 0 Å². The molecule has 1 aromatic rings. The van der Waals surface area contributed by atoms with Crippen molar-refractivity contribution in [2.24, 2.45) is 0 Å². The Morgan fingerprint density at radius 1 is 1.17 bits per heavy atom. The van der Waals surface area contributed by atoms with Gasteiger partial charge in [-0.05, 0) is 45.4 Å². The van der Waals surface area contributed by atoms with Crippen LogP contribution in [0.25, 0.3) is 0 Å². The van der Waals surface area contributed by atoms with Crippen LogP contribution < -0.4 is 5.32 Å². The quantitative estimate of drug-likeness (QED) is 0.774. The number of hydrogen-bond donors (Lipinski definition) is 1. The molecule has 1 aliphatic rings. The van der Waals surface area contributed by atoms with Gasteiger partial charge < -0.3 is 14.8 Å². The fraction of sp³-hybridized carbons (Fsp3) is 0.524. The normalized spacial score (nSPS) is 18.0. The number of hydrogen-bond acceptors (Lipinski definition) is 6. The number of benzene rings is 1. The van der Waals surface area contributed by atoms with Crippen molar-refractivity contribution in [2.45, 2.75) is 58.2 Å². The minimum absolute atomic E-state index is 0.0426. The number of ketones is 1. The first-order valence-electron chi connectivity index (χ1n) is 9.52. The zero-order chi connectivity index (χ0) is 21.8. The molecule has 2 amide bonds. The largest absolute Gasteiger partial charge is 0.465 e. The van der Waals surface area contributed by atoms with Crippen LogP contribution in [0.5, 0.6) is 0 Å². The van der Waals surface area contributed by atoms with Crippen LogP contribution in [0.4, 0.5) is 4.79 Å². The van der Waals surface area contributed by atoms with Gasteiger partial charge in [-0.3, -0.25) is 14.5 Å². The SMILES string of the molecule is COC(=O)c1ccc(C(C)NC(=O)[C@H]2CC(=O)CCN2C(=O)OC(C)(C)C)cc1. The summed E-state index contributed by atoms with van der Waals surface area (Å²) in [5.74, 6) is -0.935. The first kappa shape index (κ1) is 22.4. The van der Waals surface area contributed by atoms with Crippen LogP contribution in [0.3, 0.4) is 0 Å². The van der Waals surface area contributed by atoms with E-state index >= 15 is 0 Å². The van der Waals surface area contributed by atoms with E-state index in [2.05, 4.69) is 10.1 Å². The van der Waals surface area contributed by atoms with Gasteiger partial charge in [-0.2, -0.15) is 0 Å². The number of esters is 1. The van der Waals surface area contributed by atoms with E-state index in [-0.39, 0.29) is 31.2 Å². The summed E-state index contributed by atoms with van der Waals surface area (Å²) in [5, 5.41) is 2.84. The molecule has 2 rings (SSSR count). The number of amides is 2. The first-order chi connectivity index (χ1) is 13.5. The van der Waals surface area contributed by atoms with E-state index in [0.717, 1.165) is 5.56 Å². The number of carbonyl (C=O) groups excluding carboxylic acids is 4. The average Bonchev–Trinajstić information content (AvgIpc) is 2.65. The van der Waals surface area contributed by atoms with Gasteiger partial charge in [0.1, 0.15) is 17.4 Å². The van der Waals surface area contributed by atoms with E-state index in [1.54, 1.807) is 52.0 Å². The predicted molar refractivity (Wildman–Crippen MR) is 105 cm³/mol. The Kier molecular flexibility index (Phi) is 7.00. The molecule has 158 valence electrons. The van der Waals surface area contributed by atoms with Crippen LogP contribution in [-0.2, 0) is 19.1 Å². The molecule has 0 saturated carbocycles. The summed E-state index contributed by atoms with van der Waals surface area (Å²) in [6.45, 7) is 7.17. The molecule has 8 nitrogen and oxygen atoms in total. The maximum absolute atomic E-state index is 12.8. The summed E-state index contributed by atoms with van der Waals surface area (Å²) in [6, 6.07) is 5.36. The van der Waals surface area contributed by atoms with Gasteiger partial charge in [0.05, 0.1) is 18.7 Å². The van der Waals surface area contributed by atoms with E-state index in [1.807, 2.05) is 0 Å². The number of carbonyl (C=O) groups is 4. The summed E-state index contributed by atoms with van der Waals surface area (Å²) in [6.07, 6.45) is -0.452. The lowest BCUT2D eigenvalue weighted by molar-refractivity contribution is -0.134. The van der Waals surface area contributed by atoms with Gasteiger partial charge in [-0.1, -0.05) is 12.1 Å². The molecule has 1 aromatic carbocycles. The van der Waals surface area contributed by atoms with Crippen LogP contribution in [-0.4, -0.2) is 54.0 Å². The second kappa shape index (κ2) is 9.07. The Bertz CT molecular complexity index is 781. The van der Waals surface area contributed by atoms with Gasteiger partial charge in [-0.25, -0.2) is 9.59 Å². The minimum atomic E-state index is -0.914. The molecule has 1 aliphatic heterocycles.